The van der Waals surface area contributed by atoms with Crippen LogP contribution < -0.4 is 0 Å². The molecular weight excluding hydrogens is 174 g/mol. The Morgan fingerprint density at radius 2 is 2.17 bits per heavy atom. The van der Waals surface area contributed by atoms with E-state index < -0.39 is 9.84 Å². The molecule has 0 radical (unpaired) electrons. The predicted octanol–water partition coefficient (Wildman–Crippen LogP) is 1.37. The first-order chi connectivity index (χ1) is 5.54. The van der Waals surface area contributed by atoms with Crippen LogP contribution >= 0.6 is 0 Å². The molecule has 0 saturated carbocycles. The number of aryl methyl sites for hydroxylation is 1. The Kier molecular flexibility index (Phi) is 2.57. The maximum Gasteiger partial charge on any atom is 0.177 e. The van der Waals surface area contributed by atoms with Gasteiger partial charge >= 0.3 is 0 Å². The Bertz CT molecular complexity index is 351. The van der Waals surface area contributed by atoms with E-state index in [0.29, 0.717) is 4.90 Å². The van der Waals surface area contributed by atoms with Crippen LogP contribution in [-0.4, -0.2) is 19.7 Å². The zero-order chi connectivity index (χ0) is 9.19. The fourth-order valence-electron chi connectivity index (χ4n) is 1.05. The third-order valence-corrected chi connectivity index (χ3v) is 2.76. The van der Waals surface area contributed by atoms with Crippen molar-refractivity contribution in [1.29, 1.82) is 0 Å². The second-order valence-corrected chi connectivity index (χ2v) is 4.90. The minimum absolute atomic E-state index is 0.381. The molecule has 12 heavy (non-hydrogen) atoms. The molecular formula is C8H13NO2S. The van der Waals surface area contributed by atoms with Gasteiger partial charge in [-0.2, -0.15) is 0 Å². The molecule has 0 aliphatic carbocycles. The van der Waals surface area contributed by atoms with E-state index in [0.717, 1.165) is 18.5 Å². The van der Waals surface area contributed by atoms with Gasteiger partial charge in [0.25, 0.3) is 0 Å². The molecule has 1 heterocycles. The van der Waals surface area contributed by atoms with Crippen molar-refractivity contribution in [3.63, 3.8) is 0 Å². The van der Waals surface area contributed by atoms with E-state index in [1.807, 2.05) is 0 Å². The van der Waals surface area contributed by atoms with Gasteiger partial charge in [-0.25, -0.2) is 8.42 Å². The molecule has 0 unspecified atom stereocenters. The molecule has 0 aromatic carbocycles. The van der Waals surface area contributed by atoms with Gasteiger partial charge < -0.3 is 4.98 Å². The number of hydrogen-bond donors (Lipinski definition) is 1. The Hall–Kier alpha value is -0.770. The molecule has 0 saturated heterocycles. The zero-order valence-corrected chi connectivity index (χ0v) is 8.11. The van der Waals surface area contributed by atoms with Crippen molar-refractivity contribution in [2.45, 2.75) is 24.7 Å². The number of rotatable bonds is 3. The number of sulfone groups is 1. The van der Waals surface area contributed by atoms with Gasteiger partial charge in [0.2, 0.25) is 0 Å². The second-order valence-electron chi connectivity index (χ2n) is 2.88. The molecule has 1 aromatic heterocycles. The average molecular weight is 187 g/mol. The normalized spacial score (nSPS) is 11.8. The molecule has 1 rings (SSSR count). The number of aromatic nitrogens is 1. The maximum atomic E-state index is 11.0. The zero-order valence-electron chi connectivity index (χ0n) is 7.29. The monoisotopic (exact) mass is 187 g/mol. The number of hydrogen-bond acceptors (Lipinski definition) is 2. The lowest BCUT2D eigenvalue weighted by Gasteiger charge is -1.90. The molecule has 68 valence electrons. The molecule has 0 aliphatic rings. The van der Waals surface area contributed by atoms with E-state index in [2.05, 4.69) is 11.9 Å². The predicted molar refractivity (Wildman–Crippen MR) is 47.9 cm³/mol. The number of nitrogens with one attached hydrogen (secondary N) is 1. The highest BCUT2D eigenvalue weighted by molar-refractivity contribution is 7.90. The standard InChI is InChI=1S/C8H13NO2S/c1-3-4-7-5-8(6-9-7)12(2,10)11/h5-6,9H,3-4H2,1-2H3. The lowest BCUT2D eigenvalue weighted by molar-refractivity contribution is 0.602. The number of aromatic amines is 1. The van der Waals surface area contributed by atoms with Crippen LogP contribution in [0.2, 0.25) is 0 Å². The summed E-state index contributed by atoms with van der Waals surface area (Å²) >= 11 is 0. The Morgan fingerprint density at radius 1 is 1.50 bits per heavy atom. The van der Waals surface area contributed by atoms with E-state index in [9.17, 15) is 8.42 Å². The van der Waals surface area contributed by atoms with Crippen LogP contribution in [0.1, 0.15) is 19.0 Å². The Morgan fingerprint density at radius 3 is 2.58 bits per heavy atom. The molecule has 0 spiro atoms. The first-order valence-electron chi connectivity index (χ1n) is 3.91. The summed E-state index contributed by atoms with van der Waals surface area (Å²) in [6.07, 6.45) is 4.67. The molecule has 1 aromatic rings. The van der Waals surface area contributed by atoms with Crippen LogP contribution in [0, 0.1) is 0 Å². The Labute approximate surface area is 72.7 Å². The van der Waals surface area contributed by atoms with Gasteiger partial charge in [0, 0.05) is 18.1 Å². The van der Waals surface area contributed by atoms with Gasteiger partial charge in [-0.15, -0.1) is 0 Å². The van der Waals surface area contributed by atoms with Crippen LogP contribution in [0.25, 0.3) is 0 Å². The molecule has 0 amide bonds. The van der Waals surface area contributed by atoms with Gasteiger partial charge in [-0.05, 0) is 12.5 Å². The van der Waals surface area contributed by atoms with Crippen LogP contribution in [0.3, 0.4) is 0 Å². The summed E-state index contributed by atoms with van der Waals surface area (Å²) in [5.74, 6) is 0. The van der Waals surface area contributed by atoms with Crippen molar-refractivity contribution in [2.75, 3.05) is 6.26 Å². The average Bonchev–Trinajstić information content (AvgIpc) is 2.35. The first-order valence-corrected chi connectivity index (χ1v) is 5.80. The van der Waals surface area contributed by atoms with E-state index in [-0.39, 0.29) is 0 Å². The van der Waals surface area contributed by atoms with Crippen LogP contribution in [0.15, 0.2) is 17.2 Å². The van der Waals surface area contributed by atoms with Crippen molar-refractivity contribution < 1.29 is 8.42 Å². The fourth-order valence-corrected chi connectivity index (χ4v) is 1.68. The summed E-state index contributed by atoms with van der Waals surface area (Å²) in [5.41, 5.74) is 0.984. The summed E-state index contributed by atoms with van der Waals surface area (Å²) in [5, 5.41) is 0. The Balaban J connectivity index is 2.92. The summed E-state index contributed by atoms with van der Waals surface area (Å²) in [6.45, 7) is 2.06. The summed E-state index contributed by atoms with van der Waals surface area (Å²) in [6, 6.07) is 1.69. The smallest absolute Gasteiger partial charge is 0.177 e. The molecule has 0 atom stereocenters. The van der Waals surface area contributed by atoms with Gasteiger partial charge in [-0.1, -0.05) is 13.3 Å². The molecule has 0 fully saturated rings. The minimum atomic E-state index is -3.03. The van der Waals surface area contributed by atoms with Crippen LogP contribution in [-0.2, 0) is 16.3 Å². The summed E-state index contributed by atoms with van der Waals surface area (Å²) < 4.78 is 22.1. The highest BCUT2D eigenvalue weighted by atomic mass is 32.2. The van der Waals surface area contributed by atoms with Crippen molar-refractivity contribution in [1.82, 2.24) is 4.98 Å². The molecule has 0 aliphatic heterocycles. The quantitative estimate of drug-likeness (QED) is 0.777. The minimum Gasteiger partial charge on any atom is -0.364 e. The third-order valence-electron chi connectivity index (χ3n) is 1.66. The van der Waals surface area contributed by atoms with Crippen LogP contribution in [0.5, 0.6) is 0 Å². The fraction of sp³-hybridized carbons (Fsp3) is 0.500. The van der Waals surface area contributed by atoms with Crippen molar-refractivity contribution >= 4 is 9.84 Å². The largest absolute Gasteiger partial charge is 0.364 e. The van der Waals surface area contributed by atoms with E-state index in [4.69, 9.17) is 0 Å². The molecule has 1 N–H and O–H groups in total. The van der Waals surface area contributed by atoms with Crippen molar-refractivity contribution in [2.24, 2.45) is 0 Å². The molecule has 0 bridgehead atoms. The van der Waals surface area contributed by atoms with Gasteiger partial charge in [0.05, 0.1) is 4.90 Å². The topological polar surface area (TPSA) is 49.9 Å². The second kappa shape index (κ2) is 3.31. The third kappa shape index (κ3) is 2.11. The van der Waals surface area contributed by atoms with Crippen molar-refractivity contribution in [3.8, 4) is 0 Å². The highest BCUT2D eigenvalue weighted by Crippen LogP contribution is 2.11. The summed E-state index contributed by atoms with van der Waals surface area (Å²) in [4.78, 5) is 3.31. The number of H-pyrrole nitrogens is 1. The van der Waals surface area contributed by atoms with E-state index in [1.165, 1.54) is 6.26 Å². The van der Waals surface area contributed by atoms with Gasteiger partial charge in [0.15, 0.2) is 9.84 Å². The van der Waals surface area contributed by atoms with Crippen LogP contribution in [0.4, 0.5) is 0 Å². The van der Waals surface area contributed by atoms with Gasteiger partial charge in [-0.3, -0.25) is 0 Å². The van der Waals surface area contributed by atoms with Crippen molar-refractivity contribution in [3.05, 3.63) is 18.0 Å². The van der Waals surface area contributed by atoms with E-state index >= 15 is 0 Å². The lowest BCUT2D eigenvalue weighted by atomic mass is 10.3. The SMILES string of the molecule is CCCc1cc(S(C)(=O)=O)c[nH]1. The highest BCUT2D eigenvalue weighted by Gasteiger charge is 2.08. The maximum absolute atomic E-state index is 11.0. The summed E-state index contributed by atoms with van der Waals surface area (Å²) in [7, 11) is -3.03. The van der Waals surface area contributed by atoms with E-state index in [1.54, 1.807) is 12.3 Å². The first kappa shape index (κ1) is 9.32. The molecule has 3 nitrogen and oxygen atoms in total. The molecule has 4 heteroatoms. The lowest BCUT2D eigenvalue weighted by Crippen LogP contribution is -1.93. The van der Waals surface area contributed by atoms with Gasteiger partial charge in [0.1, 0.15) is 0 Å².